The normalized spacial score (nSPS) is 10.9. The van der Waals surface area contributed by atoms with Gasteiger partial charge in [-0.2, -0.15) is 0 Å². The van der Waals surface area contributed by atoms with Gasteiger partial charge in [0.1, 0.15) is 17.0 Å². The van der Waals surface area contributed by atoms with Gasteiger partial charge < -0.3 is 9.26 Å². The van der Waals surface area contributed by atoms with E-state index in [1.165, 1.54) is 0 Å². The molecule has 0 amide bonds. The molecule has 0 fully saturated rings. The van der Waals surface area contributed by atoms with Crippen LogP contribution in [0.25, 0.3) is 0 Å². The molecule has 0 aliphatic carbocycles. The van der Waals surface area contributed by atoms with Crippen LogP contribution in [0.2, 0.25) is 0 Å². The molecule has 0 spiro atoms. The van der Waals surface area contributed by atoms with Crippen LogP contribution in [0, 0.1) is 0 Å². The standard InChI is InChI=1S/C7H8BrINO2P/c8-7-2-1-6(5-10-7)11-3-4-12-13-9/h1-2,5,13H,3-4H2. The molecule has 0 N–H and O–H groups in total. The van der Waals surface area contributed by atoms with E-state index in [2.05, 4.69) is 43.0 Å². The third-order valence-corrected chi connectivity index (χ3v) is 2.93. The Morgan fingerprint density at radius 3 is 2.92 bits per heavy atom. The lowest BCUT2D eigenvalue weighted by Crippen LogP contribution is -2.02. The topological polar surface area (TPSA) is 31.4 Å². The van der Waals surface area contributed by atoms with Crippen molar-refractivity contribution in [2.45, 2.75) is 0 Å². The SMILES string of the molecule is Brc1ccc(OCCOPI)cn1. The van der Waals surface area contributed by atoms with E-state index in [9.17, 15) is 0 Å². The maximum absolute atomic E-state index is 5.36. The number of ether oxygens (including phenoxy) is 1. The van der Waals surface area contributed by atoms with Gasteiger partial charge in [-0.1, -0.05) is 0 Å². The lowest BCUT2D eigenvalue weighted by Gasteiger charge is -2.04. The third-order valence-electron chi connectivity index (χ3n) is 1.21. The number of halogens is 2. The molecule has 0 aliphatic heterocycles. The first-order valence-electron chi connectivity index (χ1n) is 3.54. The largest absolute Gasteiger partial charge is 0.490 e. The van der Waals surface area contributed by atoms with E-state index >= 15 is 0 Å². The molecule has 1 atom stereocenters. The molecule has 3 nitrogen and oxygen atoms in total. The van der Waals surface area contributed by atoms with Crippen LogP contribution in [-0.4, -0.2) is 18.2 Å². The predicted molar refractivity (Wildman–Crippen MR) is 65.7 cm³/mol. The van der Waals surface area contributed by atoms with Crippen molar-refractivity contribution < 1.29 is 9.26 Å². The summed E-state index contributed by atoms with van der Waals surface area (Å²) in [7, 11) is 0. The second-order valence-corrected chi connectivity index (χ2v) is 4.67. The summed E-state index contributed by atoms with van der Waals surface area (Å²) < 4.78 is 11.3. The second-order valence-electron chi connectivity index (χ2n) is 2.09. The first-order chi connectivity index (χ1) is 6.33. The van der Waals surface area contributed by atoms with Gasteiger partial charge in [-0.25, -0.2) is 4.98 Å². The molecular formula is C7H8BrINO2P. The van der Waals surface area contributed by atoms with Crippen LogP contribution in [0.3, 0.4) is 0 Å². The quantitative estimate of drug-likeness (QED) is 0.343. The zero-order chi connectivity index (χ0) is 9.52. The van der Waals surface area contributed by atoms with Crippen molar-refractivity contribution in [3.8, 4) is 5.75 Å². The fourth-order valence-electron chi connectivity index (χ4n) is 0.687. The number of pyridine rings is 1. The Hall–Kier alpha value is 0.550. The molecule has 1 unspecified atom stereocenters. The van der Waals surface area contributed by atoms with Gasteiger partial charge in [-0.15, -0.1) is 0 Å². The molecule has 0 aromatic carbocycles. The lowest BCUT2D eigenvalue weighted by molar-refractivity contribution is 0.236. The smallest absolute Gasteiger partial charge is 0.137 e. The van der Waals surface area contributed by atoms with Crippen molar-refractivity contribution in [1.29, 1.82) is 0 Å². The predicted octanol–water partition coefficient (Wildman–Crippen LogP) is 3.18. The maximum atomic E-state index is 5.36. The van der Waals surface area contributed by atoms with Gasteiger partial charge in [-0.05, 0) is 50.1 Å². The first kappa shape index (κ1) is 11.6. The van der Waals surface area contributed by atoms with Crippen molar-refractivity contribution in [2.24, 2.45) is 0 Å². The number of hydrogen-bond donors (Lipinski definition) is 0. The van der Waals surface area contributed by atoms with Gasteiger partial charge in [0.15, 0.2) is 0 Å². The van der Waals surface area contributed by atoms with Crippen LogP contribution in [0.15, 0.2) is 22.9 Å². The monoisotopic (exact) mass is 375 g/mol. The van der Waals surface area contributed by atoms with Gasteiger partial charge in [0.05, 0.1) is 19.3 Å². The molecule has 1 aromatic rings. The van der Waals surface area contributed by atoms with Crippen LogP contribution in [0.5, 0.6) is 5.75 Å². The number of hydrogen-bond acceptors (Lipinski definition) is 3. The molecular weight excluding hydrogens is 368 g/mol. The minimum atomic E-state index is 0.490. The molecule has 72 valence electrons. The summed E-state index contributed by atoms with van der Waals surface area (Å²) >= 11 is 5.42. The number of rotatable bonds is 5. The minimum Gasteiger partial charge on any atom is -0.490 e. The summed E-state index contributed by atoms with van der Waals surface area (Å²) in [6, 6.07) is 3.71. The van der Waals surface area contributed by atoms with E-state index in [4.69, 9.17) is 9.26 Å². The van der Waals surface area contributed by atoms with E-state index in [1.54, 1.807) is 6.20 Å². The zero-order valence-corrected chi connectivity index (χ0v) is 11.4. The molecule has 1 aromatic heterocycles. The lowest BCUT2D eigenvalue weighted by atomic mass is 10.5. The fourth-order valence-corrected chi connectivity index (χ4v) is 1.74. The molecule has 1 rings (SSSR count). The Kier molecular flexibility index (Phi) is 6.19. The van der Waals surface area contributed by atoms with Gasteiger partial charge in [0.25, 0.3) is 0 Å². The van der Waals surface area contributed by atoms with Crippen LogP contribution in [0.1, 0.15) is 0 Å². The summed E-state index contributed by atoms with van der Waals surface area (Å²) in [6.07, 6.45) is 1.68. The summed E-state index contributed by atoms with van der Waals surface area (Å²) in [4.78, 5) is 4.03. The van der Waals surface area contributed by atoms with E-state index in [-0.39, 0.29) is 0 Å². The molecule has 0 radical (unpaired) electrons. The average molecular weight is 376 g/mol. The summed E-state index contributed by atoms with van der Waals surface area (Å²) in [5, 5.41) is 0. The maximum Gasteiger partial charge on any atom is 0.137 e. The van der Waals surface area contributed by atoms with Crippen LogP contribution in [-0.2, 0) is 4.52 Å². The van der Waals surface area contributed by atoms with Gasteiger partial charge in [-0.3, -0.25) is 0 Å². The highest BCUT2D eigenvalue weighted by molar-refractivity contribution is 14.2. The first-order valence-corrected chi connectivity index (χ1v) is 8.36. The van der Waals surface area contributed by atoms with Gasteiger partial charge in [0, 0.05) is 0 Å². The third kappa shape index (κ3) is 5.10. The van der Waals surface area contributed by atoms with Crippen molar-refractivity contribution in [1.82, 2.24) is 4.98 Å². The second kappa shape index (κ2) is 6.92. The Bertz CT molecular complexity index is 247. The van der Waals surface area contributed by atoms with E-state index in [1.807, 2.05) is 12.1 Å². The van der Waals surface area contributed by atoms with Crippen molar-refractivity contribution >= 4 is 44.4 Å². The van der Waals surface area contributed by atoms with Crippen LogP contribution < -0.4 is 4.74 Å². The molecule has 0 saturated heterocycles. The Balaban J connectivity index is 2.25. The highest BCUT2D eigenvalue weighted by atomic mass is 127. The number of aromatic nitrogens is 1. The van der Waals surface area contributed by atoms with Crippen molar-refractivity contribution in [3.05, 3.63) is 22.9 Å². The molecule has 13 heavy (non-hydrogen) atoms. The van der Waals surface area contributed by atoms with Crippen molar-refractivity contribution in [2.75, 3.05) is 13.2 Å². The fraction of sp³-hybridized carbons (Fsp3) is 0.286. The van der Waals surface area contributed by atoms with Gasteiger partial charge in [0.2, 0.25) is 0 Å². The van der Waals surface area contributed by atoms with E-state index in [0.717, 1.165) is 10.4 Å². The number of nitrogens with zero attached hydrogens (tertiary/aromatic N) is 1. The summed E-state index contributed by atoms with van der Waals surface area (Å²) in [5.74, 6) is 0.767. The highest BCUT2D eigenvalue weighted by Gasteiger charge is 1.93. The molecule has 0 aliphatic rings. The van der Waals surface area contributed by atoms with Crippen LogP contribution >= 0.6 is 44.4 Å². The van der Waals surface area contributed by atoms with Gasteiger partial charge >= 0.3 is 0 Å². The Labute approximate surface area is 100 Å². The minimum absolute atomic E-state index is 0.490. The Morgan fingerprint density at radius 2 is 2.31 bits per heavy atom. The molecule has 1 heterocycles. The Morgan fingerprint density at radius 1 is 1.46 bits per heavy atom. The highest BCUT2D eigenvalue weighted by Crippen LogP contribution is 2.21. The zero-order valence-electron chi connectivity index (χ0n) is 6.67. The molecule has 6 heteroatoms. The average Bonchev–Trinajstić information content (AvgIpc) is 2.15. The van der Waals surface area contributed by atoms with Crippen molar-refractivity contribution in [3.63, 3.8) is 0 Å². The summed E-state index contributed by atoms with van der Waals surface area (Å²) in [5.41, 5.74) is 0. The van der Waals surface area contributed by atoms with Crippen LogP contribution in [0.4, 0.5) is 0 Å². The van der Waals surface area contributed by atoms with E-state index in [0.29, 0.717) is 19.7 Å². The van der Waals surface area contributed by atoms with E-state index < -0.39 is 0 Å². The molecule has 0 saturated carbocycles. The summed E-state index contributed by atoms with van der Waals surface area (Å²) in [6.45, 7) is 1.68. The molecule has 0 bridgehead atoms.